The van der Waals surface area contributed by atoms with Gasteiger partial charge in [0.15, 0.2) is 0 Å². The van der Waals surface area contributed by atoms with Crippen molar-refractivity contribution in [1.29, 1.82) is 0 Å². The van der Waals surface area contributed by atoms with Crippen LogP contribution in [-0.2, 0) is 0 Å². The summed E-state index contributed by atoms with van der Waals surface area (Å²) in [5, 5.41) is 1.95. The van der Waals surface area contributed by atoms with Crippen molar-refractivity contribution in [2.45, 2.75) is 0 Å². The van der Waals surface area contributed by atoms with Crippen LogP contribution in [0.5, 0.6) is 0 Å². The molecule has 0 radical (unpaired) electrons. The van der Waals surface area contributed by atoms with E-state index in [0.29, 0.717) is 9.90 Å². The molecule has 5 heteroatoms. The smallest absolute Gasteiger partial charge is 0.263 e. The van der Waals surface area contributed by atoms with E-state index in [4.69, 9.17) is 23.2 Å². The molecule has 0 unspecified atom stereocenters. The van der Waals surface area contributed by atoms with Gasteiger partial charge in [0.05, 0.1) is 9.72 Å². The second kappa shape index (κ2) is 3.00. The van der Waals surface area contributed by atoms with Crippen LogP contribution in [0.1, 0.15) is 9.67 Å². The van der Waals surface area contributed by atoms with Gasteiger partial charge in [-0.3, -0.25) is 4.79 Å². The number of carbonyl (C=O) groups excluding carboxylic acids is 1. The first-order chi connectivity index (χ1) is 5.70. The first kappa shape index (κ1) is 8.51. The third-order valence-corrected chi connectivity index (χ3v) is 4.54. The SMILES string of the molecule is O=C(Cl)c1sc2ccsc2c1Cl. The summed E-state index contributed by atoms with van der Waals surface area (Å²) in [5.41, 5.74) is 0. The number of hydrogen-bond donors (Lipinski definition) is 0. The summed E-state index contributed by atoms with van der Waals surface area (Å²) in [6, 6.07) is 1.93. The van der Waals surface area contributed by atoms with E-state index in [1.165, 1.54) is 22.7 Å². The molecule has 1 nitrogen and oxygen atoms in total. The molecule has 0 saturated heterocycles. The zero-order valence-corrected chi connectivity index (χ0v) is 8.78. The molecule has 2 aromatic rings. The molecule has 0 aromatic carbocycles. The van der Waals surface area contributed by atoms with Crippen LogP contribution in [0.15, 0.2) is 11.4 Å². The van der Waals surface area contributed by atoms with Crippen molar-refractivity contribution in [3.8, 4) is 0 Å². The second-order valence-electron chi connectivity index (χ2n) is 2.13. The van der Waals surface area contributed by atoms with Crippen LogP contribution in [0, 0.1) is 0 Å². The van der Waals surface area contributed by atoms with E-state index in [1.54, 1.807) is 0 Å². The molecule has 0 aliphatic heterocycles. The van der Waals surface area contributed by atoms with E-state index in [9.17, 15) is 4.79 Å². The molecular formula is C7H2Cl2OS2. The summed E-state index contributed by atoms with van der Waals surface area (Å²) < 4.78 is 1.97. The number of thiophene rings is 2. The summed E-state index contributed by atoms with van der Waals surface area (Å²) in [6.07, 6.45) is 0. The lowest BCUT2D eigenvalue weighted by molar-refractivity contribution is 0.108. The van der Waals surface area contributed by atoms with Crippen molar-refractivity contribution in [1.82, 2.24) is 0 Å². The van der Waals surface area contributed by atoms with E-state index in [1.807, 2.05) is 11.4 Å². The third kappa shape index (κ3) is 1.17. The summed E-state index contributed by atoms with van der Waals surface area (Å²) in [4.78, 5) is 11.3. The Morgan fingerprint density at radius 2 is 2.25 bits per heavy atom. The third-order valence-electron chi connectivity index (χ3n) is 1.42. The maximum atomic E-state index is 10.8. The lowest BCUT2D eigenvalue weighted by atomic mass is 10.4. The van der Waals surface area contributed by atoms with Crippen molar-refractivity contribution in [2.24, 2.45) is 0 Å². The molecule has 2 aromatic heterocycles. The highest BCUT2D eigenvalue weighted by Crippen LogP contribution is 2.39. The Morgan fingerprint density at radius 1 is 1.50 bits per heavy atom. The highest BCUT2D eigenvalue weighted by molar-refractivity contribution is 7.29. The van der Waals surface area contributed by atoms with Gasteiger partial charge in [-0.1, -0.05) is 11.6 Å². The molecule has 0 atom stereocenters. The maximum Gasteiger partial charge on any atom is 0.263 e. The second-order valence-corrected chi connectivity index (χ2v) is 4.82. The predicted molar refractivity (Wildman–Crippen MR) is 54.9 cm³/mol. The molecule has 0 N–H and O–H groups in total. The first-order valence-electron chi connectivity index (χ1n) is 3.05. The lowest BCUT2D eigenvalue weighted by Gasteiger charge is -1.85. The minimum atomic E-state index is -0.478. The zero-order valence-electron chi connectivity index (χ0n) is 5.64. The summed E-state index contributed by atoms with van der Waals surface area (Å²) in [7, 11) is 0. The van der Waals surface area contributed by atoms with E-state index in [-0.39, 0.29) is 0 Å². The Kier molecular flexibility index (Phi) is 2.12. The van der Waals surface area contributed by atoms with Gasteiger partial charge >= 0.3 is 0 Å². The fourth-order valence-corrected chi connectivity index (χ4v) is 3.65. The molecule has 2 rings (SSSR count). The summed E-state index contributed by atoms with van der Waals surface area (Å²) in [6.45, 7) is 0. The van der Waals surface area contributed by atoms with Gasteiger partial charge in [-0.05, 0) is 23.0 Å². The number of rotatable bonds is 1. The Balaban J connectivity index is 2.78. The van der Waals surface area contributed by atoms with E-state index in [0.717, 1.165) is 9.40 Å². The average Bonchev–Trinajstić information content (AvgIpc) is 2.53. The quantitative estimate of drug-likeness (QED) is 0.685. The molecule has 0 amide bonds. The number of fused-ring (bicyclic) bond motifs is 1. The predicted octanol–water partition coefficient (Wildman–Crippen LogP) is 4.00. The summed E-state index contributed by atoms with van der Waals surface area (Å²) >= 11 is 14.1. The number of carbonyl (C=O) groups is 1. The van der Waals surface area contributed by atoms with Crippen LogP contribution in [-0.4, -0.2) is 5.24 Å². The molecule has 0 bridgehead atoms. The molecule has 0 spiro atoms. The van der Waals surface area contributed by atoms with Gasteiger partial charge < -0.3 is 0 Å². The number of hydrogen-bond acceptors (Lipinski definition) is 3. The fraction of sp³-hybridized carbons (Fsp3) is 0. The molecule has 0 saturated carbocycles. The van der Waals surface area contributed by atoms with Gasteiger partial charge in [0.25, 0.3) is 5.24 Å². The van der Waals surface area contributed by atoms with Crippen molar-refractivity contribution in [3.05, 3.63) is 21.3 Å². The fourth-order valence-electron chi connectivity index (χ4n) is 0.922. The molecule has 0 aliphatic rings. The van der Waals surface area contributed by atoms with Crippen LogP contribution >= 0.6 is 45.9 Å². The van der Waals surface area contributed by atoms with Crippen LogP contribution < -0.4 is 0 Å². The van der Waals surface area contributed by atoms with Gasteiger partial charge in [0, 0.05) is 4.70 Å². The van der Waals surface area contributed by atoms with E-state index < -0.39 is 5.24 Å². The van der Waals surface area contributed by atoms with E-state index >= 15 is 0 Å². The molecule has 0 aliphatic carbocycles. The molecule has 2 heterocycles. The first-order valence-corrected chi connectivity index (χ1v) is 5.50. The van der Waals surface area contributed by atoms with Crippen molar-refractivity contribution in [2.75, 3.05) is 0 Å². The van der Waals surface area contributed by atoms with Crippen molar-refractivity contribution >= 4 is 60.5 Å². The normalized spacial score (nSPS) is 10.8. The Labute approximate surface area is 86.5 Å². The maximum absolute atomic E-state index is 10.8. The van der Waals surface area contributed by atoms with Crippen molar-refractivity contribution in [3.63, 3.8) is 0 Å². The number of halogens is 2. The van der Waals surface area contributed by atoms with Crippen LogP contribution in [0.3, 0.4) is 0 Å². The van der Waals surface area contributed by atoms with Gasteiger partial charge in [-0.2, -0.15) is 0 Å². The molecule has 0 fully saturated rings. The van der Waals surface area contributed by atoms with Crippen LogP contribution in [0.25, 0.3) is 9.40 Å². The van der Waals surface area contributed by atoms with E-state index in [2.05, 4.69) is 0 Å². The van der Waals surface area contributed by atoms with Gasteiger partial charge in [0.1, 0.15) is 4.88 Å². The largest absolute Gasteiger partial charge is 0.275 e. The monoisotopic (exact) mass is 236 g/mol. The Bertz CT molecular complexity index is 443. The molecule has 12 heavy (non-hydrogen) atoms. The lowest BCUT2D eigenvalue weighted by Crippen LogP contribution is -1.81. The minimum absolute atomic E-state index is 0.445. The van der Waals surface area contributed by atoms with Crippen LogP contribution in [0.4, 0.5) is 0 Å². The van der Waals surface area contributed by atoms with Crippen LogP contribution in [0.2, 0.25) is 5.02 Å². The minimum Gasteiger partial charge on any atom is -0.275 e. The average molecular weight is 237 g/mol. The molecule has 62 valence electrons. The Morgan fingerprint density at radius 3 is 2.83 bits per heavy atom. The summed E-state index contributed by atoms with van der Waals surface area (Å²) in [5.74, 6) is 0. The van der Waals surface area contributed by atoms with Gasteiger partial charge in [-0.15, -0.1) is 22.7 Å². The standard InChI is InChI=1S/C7H2Cl2OS2/c8-4-5-3(1-2-11-5)12-6(4)7(9)10/h1-2H. The Hall–Kier alpha value is -0.0900. The highest BCUT2D eigenvalue weighted by atomic mass is 35.5. The van der Waals surface area contributed by atoms with Crippen molar-refractivity contribution < 1.29 is 4.79 Å². The van der Waals surface area contributed by atoms with Gasteiger partial charge in [-0.25, -0.2) is 0 Å². The topological polar surface area (TPSA) is 17.1 Å². The highest BCUT2D eigenvalue weighted by Gasteiger charge is 2.15. The van der Waals surface area contributed by atoms with Gasteiger partial charge in [0.2, 0.25) is 0 Å². The molecular weight excluding hydrogens is 235 g/mol. The zero-order chi connectivity index (χ0) is 8.72.